The molecule has 5 N–H and O–H groups in total. The maximum Gasteiger partial charge on any atom is 0.335 e. The molecule has 0 radical (unpaired) electrons. The van der Waals surface area contributed by atoms with Crippen LogP contribution in [0.2, 0.25) is 0 Å². The monoisotopic (exact) mass is 559 g/mol. The number of nitrogens with zero attached hydrogens (tertiary/aromatic N) is 2. The molecular weight excluding hydrogens is 522 g/mol. The summed E-state index contributed by atoms with van der Waals surface area (Å²) in [5.41, 5.74) is 2.51. The van der Waals surface area contributed by atoms with Crippen molar-refractivity contribution in [1.82, 2.24) is 26.0 Å². The molecule has 3 rings (SSSR count). The fourth-order valence-corrected chi connectivity index (χ4v) is 4.85. The van der Waals surface area contributed by atoms with Crippen molar-refractivity contribution in [2.45, 2.75) is 51.5 Å². The van der Waals surface area contributed by atoms with Crippen LogP contribution in [0.5, 0.6) is 0 Å². The van der Waals surface area contributed by atoms with Gasteiger partial charge in [-0.15, -0.1) is 0 Å². The lowest BCUT2D eigenvalue weighted by Crippen LogP contribution is -2.58. The molecule has 2 aliphatic heterocycles. The summed E-state index contributed by atoms with van der Waals surface area (Å²) in [5, 5.41) is 24.6. The van der Waals surface area contributed by atoms with Gasteiger partial charge in [-0.05, 0) is 82.3 Å². The number of carbonyl (C=O) groups is 6. The van der Waals surface area contributed by atoms with Gasteiger partial charge in [0.1, 0.15) is 6.04 Å². The van der Waals surface area contributed by atoms with Crippen LogP contribution < -0.4 is 16.1 Å². The van der Waals surface area contributed by atoms with Gasteiger partial charge in [-0.25, -0.2) is 15.2 Å². The Balaban J connectivity index is 1.62. The minimum Gasteiger partial charge on any atom is -0.480 e. The first-order chi connectivity index (χ1) is 19.1. The minimum absolute atomic E-state index is 0.0115. The maximum absolute atomic E-state index is 13.4. The van der Waals surface area contributed by atoms with E-state index in [1.165, 1.54) is 31.2 Å². The van der Waals surface area contributed by atoms with Crippen molar-refractivity contribution in [3.8, 4) is 0 Å². The van der Waals surface area contributed by atoms with Gasteiger partial charge in [0.05, 0.1) is 18.0 Å². The number of hydrogen-bond donors (Lipinski definition) is 5. The quantitative estimate of drug-likeness (QED) is 0.239. The molecule has 2 saturated heterocycles. The van der Waals surface area contributed by atoms with Crippen LogP contribution >= 0.6 is 0 Å². The lowest BCUT2D eigenvalue weighted by atomic mass is 9.92. The van der Waals surface area contributed by atoms with Crippen molar-refractivity contribution in [2.75, 3.05) is 32.7 Å². The Hall–Kier alpha value is -3.84. The molecule has 2 heterocycles. The predicted octanol–water partition coefficient (Wildman–Crippen LogP) is 0.466. The molecule has 0 bridgehead atoms. The minimum atomic E-state index is -1.29. The average Bonchev–Trinajstić information content (AvgIpc) is 2.97. The van der Waals surface area contributed by atoms with Crippen LogP contribution in [0.3, 0.4) is 0 Å². The zero-order valence-electron chi connectivity index (χ0n) is 22.6. The molecule has 0 aromatic heterocycles. The van der Waals surface area contributed by atoms with E-state index >= 15 is 0 Å². The molecule has 2 aliphatic rings. The van der Waals surface area contributed by atoms with Crippen LogP contribution in [0.15, 0.2) is 24.3 Å². The number of rotatable bonds is 11. The highest BCUT2D eigenvalue weighted by molar-refractivity contribution is 6.01. The van der Waals surface area contributed by atoms with Crippen molar-refractivity contribution in [2.24, 2.45) is 11.8 Å². The second kappa shape index (κ2) is 14.5. The van der Waals surface area contributed by atoms with Crippen molar-refractivity contribution in [3.05, 3.63) is 35.4 Å². The molecule has 0 unspecified atom stereocenters. The van der Waals surface area contributed by atoms with Gasteiger partial charge in [0.25, 0.3) is 11.8 Å². The first kappa shape index (κ1) is 30.7. The van der Waals surface area contributed by atoms with Crippen LogP contribution in [-0.4, -0.2) is 94.5 Å². The molecule has 0 saturated carbocycles. The molecule has 0 spiro atoms. The third-order valence-electron chi connectivity index (χ3n) is 7.31. The fraction of sp³-hybridized carbons (Fsp3) is 0.556. The Morgan fingerprint density at radius 1 is 1.02 bits per heavy atom. The second-order valence-electron chi connectivity index (χ2n) is 10.2. The number of hydrogen-bond acceptors (Lipinski definition) is 8. The Kier molecular flexibility index (Phi) is 11.1. The summed E-state index contributed by atoms with van der Waals surface area (Å²) in [6.45, 7) is 3.19. The van der Waals surface area contributed by atoms with Gasteiger partial charge in [-0.3, -0.25) is 24.0 Å². The topological polar surface area (TPSA) is 185 Å². The summed E-state index contributed by atoms with van der Waals surface area (Å²) in [5.74, 6) is -4.92. The van der Waals surface area contributed by atoms with E-state index in [-0.39, 0.29) is 23.6 Å². The SMILES string of the molecule is C[C@H](NN(C(=O)CNC(=O)c1ccc(C(=O)O)cc1)C(=O)[C@@H]1CCCN(C(=O)CCC2CCNCC2)C1)C(=O)O. The molecule has 2 fully saturated rings. The fourth-order valence-electron chi connectivity index (χ4n) is 4.85. The first-order valence-electron chi connectivity index (χ1n) is 13.5. The third-order valence-corrected chi connectivity index (χ3v) is 7.31. The second-order valence-corrected chi connectivity index (χ2v) is 10.2. The maximum atomic E-state index is 13.4. The Morgan fingerprint density at radius 3 is 2.30 bits per heavy atom. The van der Waals surface area contributed by atoms with E-state index in [2.05, 4.69) is 16.1 Å². The van der Waals surface area contributed by atoms with E-state index in [4.69, 9.17) is 5.11 Å². The molecule has 218 valence electrons. The molecule has 13 nitrogen and oxygen atoms in total. The van der Waals surface area contributed by atoms with E-state index in [0.29, 0.717) is 36.7 Å². The van der Waals surface area contributed by atoms with Gasteiger partial charge in [-0.1, -0.05) is 0 Å². The van der Waals surface area contributed by atoms with Crippen molar-refractivity contribution in [3.63, 3.8) is 0 Å². The number of carboxylic acid groups (broad SMARTS) is 2. The van der Waals surface area contributed by atoms with E-state index in [1.807, 2.05) is 0 Å². The summed E-state index contributed by atoms with van der Waals surface area (Å²) in [6.07, 6.45) is 4.23. The van der Waals surface area contributed by atoms with Gasteiger partial charge >= 0.3 is 11.9 Å². The van der Waals surface area contributed by atoms with Crippen LogP contribution in [0.4, 0.5) is 0 Å². The summed E-state index contributed by atoms with van der Waals surface area (Å²) >= 11 is 0. The third kappa shape index (κ3) is 8.58. The highest BCUT2D eigenvalue weighted by Gasteiger charge is 2.35. The van der Waals surface area contributed by atoms with Gasteiger partial charge in [-0.2, -0.15) is 0 Å². The smallest absolute Gasteiger partial charge is 0.335 e. The summed E-state index contributed by atoms with van der Waals surface area (Å²) in [7, 11) is 0. The molecule has 40 heavy (non-hydrogen) atoms. The van der Waals surface area contributed by atoms with E-state index in [0.717, 1.165) is 32.4 Å². The lowest BCUT2D eigenvalue weighted by molar-refractivity contribution is -0.155. The zero-order chi connectivity index (χ0) is 29.2. The van der Waals surface area contributed by atoms with Gasteiger partial charge in [0.2, 0.25) is 11.8 Å². The van der Waals surface area contributed by atoms with Crippen LogP contribution in [-0.2, 0) is 19.2 Å². The number of aliphatic carboxylic acids is 1. The van der Waals surface area contributed by atoms with Gasteiger partial charge in [0, 0.05) is 25.1 Å². The van der Waals surface area contributed by atoms with E-state index in [1.54, 1.807) is 4.90 Å². The van der Waals surface area contributed by atoms with Crippen molar-refractivity contribution < 1.29 is 39.0 Å². The number of carboxylic acids is 2. The zero-order valence-corrected chi connectivity index (χ0v) is 22.6. The number of hydrazine groups is 1. The van der Waals surface area contributed by atoms with Crippen molar-refractivity contribution >= 4 is 35.6 Å². The molecule has 2 atom stereocenters. The average molecular weight is 560 g/mol. The lowest BCUT2D eigenvalue weighted by Gasteiger charge is -2.35. The highest BCUT2D eigenvalue weighted by atomic mass is 16.4. The summed E-state index contributed by atoms with van der Waals surface area (Å²) in [6, 6.07) is 3.78. The number of benzene rings is 1. The highest BCUT2D eigenvalue weighted by Crippen LogP contribution is 2.22. The van der Waals surface area contributed by atoms with Crippen LogP contribution in [0.25, 0.3) is 0 Å². The molecule has 0 aliphatic carbocycles. The summed E-state index contributed by atoms with van der Waals surface area (Å²) < 4.78 is 0. The number of aromatic carboxylic acids is 1. The Labute approximate surface area is 232 Å². The number of piperidine rings is 2. The molecular formula is C27H37N5O8. The molecule has 1 aromatic rings. The largest absolute Gasteiger partial charge is 0.480 e. The molecule has 4 amide bonds. The predicted molar refractivity (Wildman–Crippen MR) is 142 cm³/mol. The number of carbonyl (C=O) groups excluding carboxylic acids is 4. The molecule has 13 heteroatoms. The molecule has 1 aromatic carbocycles. The van der Waals surface area contributed by atoms with Crippen LogP contribution in [0.1, 0.15) is 66.2 Å². The van der Waals surface area contributed by atoms with Crippen LogP contribution in [0, 0.1) is 11.8 Å². The van der Waals surface area contributed by atoms with Crippen molar-refractivity contribution in [1.29, 1.82) is 0 Å². The van der Waals surface area contributed by atoms with E-state index < -0.39 is 48.2 Å². The Bertz CT molecular complexity index is 1100. The number of amides is 4. The number of imide groups is 1. The van der Waals surface area contributed by atoms with Gasteiger partial charge in [0.15, 0.2) is 0 Å². The number of nitrogens with one attached hydrogen (secondary N) is 3. The summed E-state index contributed by atoms with van der Waals surface area (Å²) in [4.78, 5) is 75.9. The normalized spacial score (nSPS) is 18.4. The van der Waals surface area contributed by atoms with E-state index in [9.17, 15) is 33.9 Å². The number of likely N-dealkylation sites (tertiary alicyclic amines) is 1. The Morgan fingerprint density at radius 2 is 1.68 bits per heavy atom. The first-order valence-corrected chi connectivity index (χ1v) is 13.5. The standard InChI is InChI=1S/C27H37N5O8/c1-17(26(37)38)30-32(23(34)15-29-24(35)19-5-7-20(8-6-19)27(39)40)25(36)21-3-2-14-31(16-21)22(33)9-4-18-10-12-28-13-11-18/h5-8,17-18,21,28,30H,2-4,9-16H2,1H3,(H,29,35)(H,37,38)(H,39,40)/t17-,21+/m0/s1. The van der Waals surface area contributed by atoms with Gasteiger partial charge < -0.3 is 25.7 Å².